The van der Waals surface area contributed by atoms with E-state index in [0.29, 0.717) is 52.3 Å². The average Bonchev–Trinajstić information content (AvgIpc) is 3.62. The molecule has 1 atom stereocenters. The van der Waals surface area contributed by atoms with Crippen LogP contribution in [-0.4, -0.2) is 46.2 Å². The SMILES string of the molecule is Cc1c(Cl)ccc(C(=O)N2CCCC2c2nc(C(=O)NCC3CCC4(CCC(=O)N4)CC3)cs2)c1Cl. The van der Waals surface area contributed by atoms with Crippen molar-refractivity contribution in [1.82, 2.24) is 20.5 Å². The van der Waals surface area contributed by atoms with Gasteiger partial charge >= 0.3 is 0 Å². The summed E-state index contributed by atoms with van der Waals surface area (Å²) in [5, 5.41) is 9.66. The van der Waals surface area contributed by atoms with Gasteiger partial charge in [-0.05, 0) is 75.5 Å². The molecule has 5 rings (SSSR count). The number of thiazole rings is 1. The summed E-state index contributed by atoms with van der Waals surface area (Å²) in [6, 6.07) is 3.19. The Labute approximate surface area is 224 Å². The van der Waals surface area contributed by atoms with Crippen LogP contribution in [0.1, 0.15) is 88.8 Å². The number of halogens is 2. The lowest BCUT2D eigenvalue weighted by molar-refractivity contribution is -0.120. The molecule has 2 aromatic rings. The Morgan fingerprint density at radius 1 is 1.22 bits per heavy atom. The number of hydrogen-bond donors (Lipinski definition) is 2. The third kappa shape index (κ3) is 5.00. The van der Waals surface area contributed by atoms with Gasteiger partial charge in [-0.3, -0.25) is 14.4 Å². The predicted octanol–water partition coefficient (Wildman–Crippen LogP) is 5.30. The molecule has 1 saturated carbocycles. The van der Waals surface area contributed by atoms with Gasteiger partial charge in [0.1, 0.15) is 10.7 Å². The number of aromatic nitrogens is 1. The smallest absolute Gasteiger partial charge is 0.270 e. The summed E-state index contributed by atoms with van der Waals surface area (Å²) in [5.74, 6) is 0.247. The molecule has 3 aliphatic rings. The number of carbonyl (C=O) groups excluding carboxylic acids is 3. The number of amides is 3. The molecule has 3 heterocycles. The maximum Gasteiger partial charge on any atom is 0.270 e. The molecule has 0 radical (unpaired) electrons. The Balaban J connectivity index is 1.19. The number of likely N-dealkylation sites (tertiary alicyclic amines) is 1. The van der Waals surface area contributed by atoms with E-state index in [0.717, 1.165) is 50.0 Å². The molecule has 7 nitrogen and oxygen atoms in total. The minimum absolute atomic E-state index is 0.0130. The molecule has 1 spiro atoms. The summed E-state index contributed by atoms with van der Waals surface area (Å²) in [6.45, 7) is 3.02. The van der Waals surface area contributed by atoms with E-state index in [4.69, 9.17) is 23.2 Å². The van der Waals surface area contributed by atoms with Gasteiger partial charge in [-0.2, -0.15) is 0 Å². The zero-order valence-corrected chi connectivity index (χ0v) is 22.6. The first kappa shape index (κ1) is 25.5. The van der Waals surface area contributed by atoms with Crippen LogP contribution in [0.15, 0.2) is 17.5 Å². The van der Waals surface area contributed by atoms with E-state index in [1.165, 1.54) is 11.3 Å². The zero-order chi connectivity index (χ0) is 25.4. The number of hydrogen-bond acceptors (Lipinski definition) is 5. The van der Waals surface area contributed by atoms with Crippen molar-refractivity contribution in [3.63, 3.8) is 0 Å². The summed E-state index contributed by atoms with van der Waals surface area (Å²) in [5.41, 5.74) is 1.51. The largest absolute Gasteiger partial charge is 0.351 e. The van der Waals surface area contributed by atoms with Crippen molar-refractivity contribution in [3.8, 4) is 0 Å². The lowest BCUT2D eigenvalue weighted by Crippen LogP contribution is -2.45. The summed E-state index contributed by atoms with van der Waals surface area (Å²) in [7, 11) is 0. The van der Waals surface area contributed by atoms with Gasteiger partial charge < -0.3 is 15.5 Å². The highest BCUT2D eigenvalue weighted by Gasteiger charge is 2.40. The van der Waals surface area contributed by atoms with Gasteiger partial charge in [0.15, 0.2) is 0 Å². The fourth-order valence-electron chi connectivity index (χ4n) is 5.70. The third-order valence-electron chi connectivity index (χ3n) is 7.95. The highest BCUT2D eigenvalue weighted by atomic mass is 35.5. The summed E-state index contributed by atoms with van der Waals surface area (Å²) >= 11 is 14.0. The van der Waals surface area contributed by atoms with Crippen molar-refractivity contribution in [3.05, 3.63) is 49.4 Å². The molecular weight excluding hydrogens is 519 g/mol. The molecular formula is C26H30Cl2N4O3S. The maximum atomic E-state index is 13.3. The lowest BCUT2D eigenvalue weighted by Gasteiger charge is -2.37. The number of nitrogens with one attached hydrogen (secondary N) is 2. The van der Waals surface area contributed by atoms with Crippen LogP contribution in [0.25, 0.3) is 0 Å². The van der Waals surface area contributed by atoms with E-state index >= 15 is 0 Å². The second kappa shape index (κ2) is 10.3. The molecule has 2 N–H and O–H groups in total. The predicted molar refractivity (Wildman–Crippen MR) is 141 cm³/mol. The highest BCUT2D eigenvalue weighted by molar-refractivity contribution is 7.09. The minimum Gasteiger partial charge on any atom is -0.351 e. The Hall–Kier alpha value is -2.16. The normalized spacial score (nSPS) is 25.9. The number of carbonyl (C=O) groups is 3. The molecule has 3 amide bonds. The molecule has 1 aliphatic carbocycles. The fraction of sp³-hybridized carbons (Fsp3) is 0.538. The van der Waals surface area contributed by atoms with Gasteiger partial charge in [-0.1, -0.05) is 23.2 Å². The van der Waals surface area contributed by atoms with E-state index < -0.39 is 0 Å². The monoisotopic (exact) mass is 548 g/mol. The van der Waals surface area contributed by atoms with Gasteiger partial charge in [0.25, 0.3) is 11.8 Å². The summed E-state index contributed by atoms with van der Waals surface area (Å²) < 4.78 is 0. The van der Waals surface area contributed by atoms with Crippen molar-refractivity contribution in [2.75, 3.05) is 13.1 Å². The zero-order valence-electron chi connectivity index (χ0n) is 20.2. The molecule has 36 heavy (non-hydrogen) atoms. The fourth-order valence-corrected chi connectivity index (χ4v) is 7.10. The molecule has 0 bridgehead atoms. The van der Waals surface area contributed by atoms with Crippen LogP contribution in [0.4, 0.5) is 0 Å². The summed E-state index contributed by atoms with van der Waals surface area (Å²) in [6.07, 6.45) is 7.16. The van der Waals surface area contributed by atoms with Crippen LogP contribution in [0, 0.1) is 12.8 Å². The third-order valence-corrected chi connectivity index (χ3v) is 9.80. The second-order valence-corrected chi connectivity index (χ2v) is 11.9. The Bertz CT molecular complexity index is 1190. The van der Waals surface area contributed by atoms with Crippen LogP contribution in [0.3, 0.4) is 0 Å². The Morgan fingerprint density at radius 2 is 2.00 bits per heavy atom. The average molecular weight is 550 g/mol. The van der Waals surface area contributed by atoms with Crippen molar-refractivity contribution in [2.24, 2.45) is 5.92 Å². The van der Waals surface area contributed by atoms with Crippen LogP contribution in [0.2, 0.25) is 10.0 Å². The van der Waals surface area contributed by atoms with E-state index in [2.05, 4.69) is 15.6 Å². The maximum absolute atomic E-state index is 13.3. The second-order valence-electron chi connectivity index (χ2n) is 10.2. The van der Waals surface area contributed by atoms with E-state index in [1.807, 2.05) is 0 Å². The first-order chi connectivity index (χ1) is 17.3. The molecule has 2 saturated heterocycles. The number of nitrogens with zero attached hydrogens (tertiary/aromatic N) is 2. The minimum atomic E-state index is -0.181. The molecule has 2 aliphatic heterocycles. The van der Waals surface area contributed by atoms with Crippen molar-refractivity contribution in [2.45, 2.75) is 69.9 Å². The van der Waals surface area contributed by atoms with Crippen molar-refractivity contribution in [1.29, 1.82) is 0 Å². The van der Waals surface area contributed by atoms with Crippen LogP contribution >= 0.6 is 34.5 Å². The molecule has 1 unspecified atom stereocenters. The topological polar surface area (TPSA) is 91.4 Å². The molecule has 3 fully saturated rings. The van der Waals surface area contributed by atoms with Crippen LogP contribution < -0.4 is 10.6 Å². The highest BCUT2D eigenvalue weighted by Crippen LogP contribution is 2.39. The van der Waals surface area contributed by atoms with Gasteiger partial charge in [0, 0.05) is 35.5 Å². The van der Waals surface area contributed by atoms with Crippen LogP contribution in [0.5, 0.6) is 0 Å². The molecule has 1 aromatic heterocycles. The van der Waals surface area contributed by atoms with Gasteiger partial charge in [-0.15, -0.1) is 11.3 Å². The van der Waals surface area contributed by atoms with Crippen molar-refractivity contribution < 1.29 is 14.4 Å². The quantitative estimate of drug-likeness (QED) is 0.529. The Kier molecular flexibility index (Phi) is 7.30. The van der Waals surface area contributed by atoms with E-state index in [-0.39, 0.29) is 29.3 Å². The van der Waals surface area contributed by atoms with Gasteiger partial charge in [-0.25, -0.2) is 4.98 Å². The first-order valence-corrected chi connectivity index (χ1v) is 14.2. The van der Waals surface area contributed by atoms with Crippen molar-refractivity contribution >= 4 is 52.3 Å². The standard InChI is InChI=1S/C26H30Cl2N4O3S/c1-15-18(27)5-4-17(22(15)28)25(35)32-12-2-3-20(32)24-30-19(14-36-24)23(34)29-13-16-6-9-26(10-7-16)11-8-21(33)31-26/h4-5,14,16,20H,2-3,6-13H2,1H3,(H,29,34)(H,31,33). The number of benzene rings is 1. The summed E-state index contributed by atoms with van der Waals surface area (Å²) in [4.78, 5) is 44.2. The molecule has 1 aromatic carbocycles. The van der Waals surface area contributed by atoms with Gasteiger partial charge in [0.2, 0.25) is 5.91 Å². The number of rotatable bonds is 5. The molecule has 10 heteroatoms. The Morgan fingerprint density at radius 3 is 2.72 bits per heavy atom. The van der Waals surface area contributed by atoms with E-state index in [1.54, 1.807) is 29.3 Å². The first-order valence-electron chi connectivity index (χ1n) is 12.6. The van der Waals surface area contributed by atoms with Crippen LogP contribution in [-0.2, 0) is 4.79 Å². The van der Waals surface area contributed by atoms with E-state index in [9.17, 15) is 14.4 Å². The molecule has 192 valence electrons. The lowest BCUT2D eigenvalue weighted by atomic mass is 9.76. The van der Waals surface area contributed by atoms with Gasteiger partial charge in [0.05, 0.1) is 16.6 Å².